The molecule has 70 valence electrons. The standard InChI is InChI=1S/C7H13N3O.ClH/c1-8-3-4-10-6-7(11-2)5-9-10;/h5-6,8H,3-4H2,1-2H3;1H. The van der Waals surface area contributed by atoms with Gasteiger partial charge >= 0.3 is 0 Å². The molecular weight excluding hydrogens is 178 g/mol. The minimum Gasteiger partial charge on any atom is -0.493 e. The van der Waals surface area contributed by atoms with Crippen molar-refractivity contribution in [3.63, 3.8) is 0 Å². The van der Waals surface area contributed by atoms with Gasteiger partial charge in [-0.1, -0.05) is 0 Å². The molecule has 5 heteroatoms. The number of likely N-dealkylation sites (N-methyl/N-ethyl adjacent to an activating group) is 1. The monoisotopic (exact) mass is 191 g/mol. The molecule has 0 fully saturated rings. The molecule has 0 aliphatic rings. The number of hydrogen-bond acceptors (Lipinski definition) is 3. The third-order valence-electron chi connectivity index (χ3n) is 1.44. The molecule has 0 saturated heterocycles. The van der Waals surface area contributed by atoms with Crippen molar-refractivity contribution < 1.29 is 4.74 Å². The minimum atomic E-state index is 0. The minimum absolute atomic E-state index is 0. The van der Waals surface area contributed by atoms with E-state index in [2.05, 4.69) is 10.4 Å². The summed E-state index contributed by atoms with van der Waals surface area (Å²) in [5.41, 5.74) is 0. The predicted octanol–water partition coefficient (Wildman–Crippen LogP) is 0.533. The van der Waals surface area contributed by atoms with Gasteiger partial charge in [0.25, 0.3) is 0 Å². The molecule has 0 aromatic carbocycles. The lowest BCUT2D eigenvalue weighted by molar-refractivity contribution is 0.413. The summed E-state index contributed by atoms with van der Waals surface area (Å²) in [4.78, 5) is 0. The van der Waals surface area contributed by atoms with Crippen LogP contribution < -0.4 is 10.1 Å². The van der Waals surface area contributed by atoms with Crippen molar-refractivity contribution >= 4 is 12.4 Å². The van der Waals surface area contributed by atoms with Crippen molar-refractivity contribution in [3.8, 4) is 5.75 Å². The summed E-state index contributed by atoms with van der Waals surface area (Å²) in [6.07, 6.45) is 3.58. The number of hydrogen-bond donors (Lipinski definition) is 1. The highest BCUT2D eigenvalue weighted by Crippen LogP contribution is 2.05. The first-order valence-corrected chi connectivity index (χ1v) is 3.58. The molecule has 0 radical (unpaired) electrons. The Bertz CT molecular complexity index is 214. The van der Waals surface area contributed by atoms with Gasteiger partial charge in [-0.3, -0.25) is 4.68 Å². The lowest BCUT2D eigenvalue weighted by atomic mass is 10.6. The second-order valence-electron chi connectivity index (χ2n) is 2.25. The fraction of sp³-hybridized carbons (Fsp3) is 0.571. The summed E-state index contributed by atoms with van der Waals surface area (Å²) in [6.45, 7) is 1.80. The average Bonchev–Trinajstić information content (AvgIpc) is 2.48. The maximum atomic E-state index is 4.97. The molecule has 12 heavy (non-hydrogen) atoms. The number of aromatic nitrogens is 2. The van der Waals surface area contributed by atoms with Gasteiger partial charge in [-0.15, -0.1) is 12.4 Å². The van der Waals surface area contributed by atoms with E-state index in [4.69, 9.17) is 4.74 Å². The van der Waals surface area contributed by atoms with Crippen molar-refractivity contribution in [1.29, 1.82) is 0 Å². The Morgan fingerprint density at radius 3 is 2.92 bits per heavy atom. The van der Waals surface area contributed by atoms with E-state index in [0.29, 0.717) is 0 Å². The molecule has 4 nitrogen and oxygen atoms in total. The second kappa shape index (κ2) is 5.85. The number of halogens is 1. The second-order valence-corrected chi connectivity index (χ2v) is 2.25. The molecule has 1 N–H and O–H groups in total. The highest BCUT2D eigenvalue weighted by Gasteiger charge is 1.94. The zero-order valence-electron chi connectivity index (χ0n) is 7.28. The van der Waals surface area contributed by atoms with Crippen molar-refractivity contribution in [2.75, 3.05) is 20.7 Å². The largest absolute Gasteiger partial charge is 0.493 e. The van der Waals surface area contributed by atoms with E-state index in [1.54, 1.807) is 13.3 Å². The highest BCUT2D eigenvalue weighted by molar-refractivity contribution is 5.85. The SMILES string of the molecule is CNCCn1cc(OC)cn1.Cl. The van der Waals surface area contributed by atoms with Crippen LogP contribution in [0.4, 0.5) is 0 Å². The molecule has 0 spiro atoms. The van der Waals surface area contributed by atoms with Crippen LogP contribution >= 0.6 is 12.4 Å². The molecule has 0 unspecified atom stereocenters. The van der Waals surface area contributed by atoms with Crippen LogP contribution in [0.3, 0.4) is 0 Å². The smallest absolute Gasteiger partial charge is 0.156 e. The zero-order valence-corrected chi connectivity index (χ0v) is 8.10. The average molecular weight is 192 g/mol. The maximum absolute atomic E-state index is 4.97. The van der Waals surface area contributed by atoms with Crippen LogP contribution in [0.2, 0.25) is 0 Å². The van der Waals surface area contributed by atoms with Crippen LogP contribution in [0.1, 0.15) is 0 Å². The third kappa shape index (κ3) is 3.11. The van der Waals surface area contributed by atoms with Gasteiger partial charge in [-0.2, -0.15) is 5.10 Å². The van der Waals surface area contributed by atoms with E-state index < -0.39 is 0 Å². The van der Waals surface area contributed by atoms with Crippen LogP contribution in [0.15, 0.2) is 12.4 Å². The highest BCUT2D eigenvalue weighted by atomic mass is 35.5. The van der Waals surface area contributed by atoms with Crippen molar-refractivity contribution in [1.82, 2.24) is 15.1 Å². The Morgan fingerprint density at radius 2 is 2.42 bits per heavy atom. The predicted molar refractivity (Wildman–Crippen MR) is 50.0 cm³/mol. The summed E-state index contributed by atoms with van der Waals surface area (Å²) in [5, 5.41) is 7.12. The van der Waals surface area contributed by atoms with Crippen LogP contribution in [0.5, 0.6) is 5.75 Å². The van der Waals surface area contributed by atoms with E-state index in [9.17, 15) is 0 Å². The number of rotatable bonds is 4. The van der Waals surface area contributed by atoms with Crippen molar-refractivity contribution in [3.05, 3.63) is 12.4 Å². The molecule has 1 aromatic rings. The Balaban J connectivity index is 0.00000121. The summed E-state index contributed by atoms with van der Waals surface area (Å²) >= 11 is 0. The molecule has 1 heterocycles. The van der Waals surface area contributed by atoms with Gasteiger partial charge in [0, 0.05) is 6.54 Å². The Labute approximate surface area is 78.3 Å². The lowest BCUT2D eigenvalue weighted by Crippen LogP contribution is -2.14. The molecular formula is C7H14ClN3O. The van der Waals surface area contributed by atoms with Crippen LogP contribution in [-0.2, 0) is 6.54 Å². The van der Waals surface area contributed by atoms with Crippen LogP contribution in [-0.4, -0.2) is 30.5 Å². The fourth-order valence-electron chi connectivity index (χ4n) is 0.799. The molecule has 0 aliphatic heterocycles. The Kier molecular flexibility index (Phi) is 5.49. The number of nitrogens with zero attached hydrogens (tertiary/aromatic N) is 2. The van der Waals surface area contributed by atoms with E-state index in [1.165, 1.54) is 0 Å². The van der Waals surface area contributed by atoms with Gasteiger partial charge < -0.3 is 10.1 Å². The molecule has 0 atom stereocenters. The van der Waals surface area contributed by atoms with Gasteiger partial charge in [0.15, 0.2) is 5.75 Å². The van der Waals surface area contributed by atoms with Crippen molar-refractivity contribution in [2.45, 2.75) is 6.54 Å². The molecule has 1 aromatic heterocycles. The van der Waals surface area contributed by atoms with E-state index in [-0.39, 0.29) is 12.4 Å². The van der Waals surface area contributed by atoms with E-state index >= 15 is 0 Å². The summed E-state index contributed by atoms with van der Waals surface area (Å²) in [5.74, 6) is 0.807. The third-order valence-corrected chi connectivity index (χ3v) is 1.44. The summed E-state index contributed by atoms with van der Waals surface area (Å²) in [6, 6.07) is 0. The maximum Gasteiger partial charge on any atom is 0.156 e. The first kappa shape index (κ1) is 11.3. The number of nitrogens with one attached hydrogen (secondary N) is 1. The number of methoxy groups -OCH3 is 1. The molecule has 0 amide bonds. The number of ether oxygens (including phenoxy) is 1. The topological polar surface area (TPSA) is 39.1 Å². The van der Waals surface area contributed by atoms with Crippen molar-refractivity contribution in [2.24, 2.45) is 0 Å². The van der Waals surface area contributed by atoms with E-state index in [0.717, 1.165) is 18.8 Å². The molecule has 0 aliphatic carbocycles. The first-order chi connectivity index (χ1) is 5.36. The fourth-order valence-corrected chi connectivity index (χ4v) is 0.799. The first-order valence-electron chi connectivity index (χ1n) is 3.58. The van der Waals surface area contributed by atoms with Gasteiger partial charge in [0.2, 0.25) is 0 Å². The molecule has 0 bridgehead atoms. The van der Waals surface area contributed by atoms with Gasteiger partial charge in [0.05, 0.1) is 26.0 Å². The lowest BCUT2D eigenvalue weighted by Gasteiger charge is -1.98. The van der Waals surface area contributed by atoms with Gasteiger partial charge in [0.1, 0.15) is 0 Å². The zero-order chi connectivity index (χ0) is 8.10. The quantitative estimate of drug-likeness (QED) is 0.755. The molecule has 0 saturated carbocycles. The van der Waals surface area contributed by atoms with Gasteiger partial charge in [-0.25, -0.2) is 0 Å². The van der Waals surface area contributed by atoms with Crippen LogP contribution in [0, 0.1) is 0 Å². The molecule has 1 rings (SSSR count). The Hall–Kier alpha value is -0.740. The summed E-state index contributed by atoms with van der Waals surface area (Å²) in [7, 11) is 3.56. The van der Waals surface area contributed by atoms with E-state index in [1.807, 2.05) is 17.9 Å². The summed E-state index contributed by atoms with van der Waals surface area (Å²) < 4.78 is 6.81. The van der Waals surface area contributed by atoms with Crippen LogP contribution in [0.25, 0.3) is 0 Å². The Morgan fingerprint density at radius 1 is 1.67 bits per heavy atom. The normalized spacial score (nSPS) is 9.17. The van der Waals surface area contributed by atoms with Gasteiger partial charge in [-0.05, 0) is 7.05 Å².